The minimum absolute atomic E-state index is 0.225. The minimum Gasteiger partial charge on any atom is -0.466 e. The number of esters is 2. The van der Waals surface area contributed by atoms with E-state index in [9.17, 15) is 14.4 Å². The fraction of sp³-hybridized carbons (Fsp3) is 0.481. The largest absolute Gasteiger partial charge is 0.466 e. The molecule has 0 spiro atoms. The van der Waals surface area contributed by atoms with Crippen LogP contribution < -0.4 is 10.2 Å². The highest BCUT2D eigenvalue weighted by Crippen LogP contribution is 2.26. The first-order valence-corrected chi connectivity index (χ1v) is 13.3. The summed E-state index contributed by atoms with van der Waals surface area (Å²) < 4.78 is 12.0. The number of amides is 2. The maximum atomic E-state index is 13.2. The summed E-state index contributed by atoms with van der Waals surface area (Å²) in [4.78, 5) is 50.5. The van der Waals surface area contributed by atoms with Crippen LogP contribution in [-0.2, 0) is 31.9 Å². The van der Waals surface area contributed by atoms with Gasteiger partial charge in [-0.15, -0.1) is 0 Å². The molecular weight excluding hydrogens is 502 g/mol. The quantitative estimate of drug-likeness (QED) is 0.385. The Balaban J connectivity index is 1.46. The number of piperazine rings is 1. The topological polar surface area (TPSA) is 131 Å². The maximum absolute atomic E-state index is 13.2. The Bertz CT molecular complexity index is 1290. The smallest absolute Gasteiger partial charge is 0.329 e. The number of rotatable bonds is 10. The Labute approximate surface area is 227 Å². The molecule has 12 nitrogen and oxygen atoms in total. The predicted molar refractivity (Wildman–Crippen MR) is 143 cm³/mol. The highest BCUT2D eigenvalue weighted by molar-refractivity contribution is 5.84. The van der Waals surface area contributed by atoms with Crippen molar-refractivity contribution in [1.29, 1.82) is 0 Å². The van der Waals surface area contributed by atoms with Crippen molar-refractivity contribution in [3.8, 4) is 0 Å². The summed E-state index contributed by atoms with van der Waals surface area (Å²) in [6.45, 7) is 7.91. The van der Waals surface area contributed by atoms with Crippen LogP contribution in [0.5, 0.6) is 0 Å². The van der Waals surface area contributed by atoms with Crippen molar-refractivity contribution < 1.29 is 23.9 Å². The van der Waals surface area contributed by atoms with Crippen molar-refractivity contribution in [2.24, 2.45) is 0 Å². The van der Waals surface area contributed by atoms with Crippen LogP contribution in [-0.4, -0.2) is 87.9 Å². The van der Waals surface area contributed by atoms with E-state index in [1.54, 1.807) is 23.3 Å². The van der Waals surface area contributed by atoms with Gasteiger partial charge in [-0.1, -0.05) is 30.3 Å². The van der Waals surface area contributed by atoms with Gasteiger partial charge in [0.1, 0.15) is 18.2 Å². The van der Waals surface area contributed by atoms with Gasteiger partial charge in [0.05, 0.1) is 13.2 Å². The number of carbonyl (C=O) groups excluding carboxylic acids is 3. The van der Waals surface area contributed by atoms with Crippen molar-refractivity contribution in [1.82, 2.24) is 29.8 Å². The van der Waals surface area contributed by atoms with Gasteiger partial charge in [0.25, 0.3) is 5.78 Å². The van der Waals surface area contributed by atoms with Crippen LogP contribution >= 0.6 is 0 Å². The molecule has 0 unspecified atom stereocenters. The Morgan fingerprint density at radius 1 is 1.03 bits per heavy atom. The zero-order chi connectivity index (χ0) is 27.8. The van der Waals surface area contributed by atoms with Crippen LogP contribution in [0.3, 0.4) is 0 Å². The Kier molecular flexibility index (Phi) is 9.29. The molecular formula is C27H35N7O5. The van der Waals surface area contributed by atoms with Crippen molar-refractivity contribution in [3.63, 3.8) is 0 Å². The van der Waals surface area contributed by atoms with E-state index < -0.39 is 12.0 Å². The summed E-state index contributed by atoms with van der Waals surface area (Å²) in [6.07, 6.45) is 2.47. The minimum atomic E-state index is -0.787. The van der Waals surface area contributed by atoms with Gasteiger partial charge >= 0.3 is 18.0 Å². The molecule has 4 rings (SSSR count). The first-order chi connectivity index (χ1) is 18.9. The van der Waals surface area contributed by atoms with E-state index in [4.69, 9.17) is 9.47 Å². The summed E-state index contributed by atoms with van der Waals surface area (Å²) >= 11 is 0. The average molecular weight is 538 g/mol. The van der Waals surface area contributed by atoms with Gasteiger partial charge in [-0.25, -0.2) is 14.6 Å². The Morgan fingerprint density at radius 3 is 2.44 bits per heavy atom. The van der Waals surface area contributed by atoms with E-state index >= 15 is 0 Å². The summed E-state index contributed by atoms with van der Waals surface area (Å²) in [6, 6.07) is 8.42. The number of fused-ring (bicyclic) bond motifs is 1. The molecule has 1 aliphatic heterocycles. The molecule has 12 heteroatoms. The predicted octanol–water partition coefficient (Wildman–Crippen LogP) is 1.93. The third kappa shape index (κ3) is 6.81. The number of aromatic nitrogens is 4. The first-order valence-electron chi connectivity index (χ1n) is 13.3. The van der Waals surface area contributed by atoms with Crippen LogP contribution in [0.1, 0.15) is 37.1 Å². The van der Waals surface area contributed by atoms with E-state index in [1.807, 2.05) is 37.3 Å². The van der Waals surface area contributed by atoms with Gasteiger partial charge in [0.2, 0.25) is 0 Å². The fourth-order valence-corrected chi connectivity index (χ4v) is 4.69. The van der Waals surface area contributed by atoms with Crippen LogP contribution in [0.25, 0.3) is 5.78 Å². The number of hydrogen-bond donors (Lipinski definition) is 1. The molecule has 1 atom stereocenters. The molecule has 2 aromatic heterocycles. The third-order valence-electron chi connectivity index (χ3n) is 6.61. The van der Waals surface area contributed by atoms with Gasteiger partial charge in [0, 0.05) is 50.3 Å². The second-order valence-corrected chi connectivity index (χ2v) is 9.19. The highest BCUT2D eigenvalue weighted by Gasteiger charge is 2.29. The molecule has 3 aromatic rings. The molecule has 0 aliphatic carbocycles. The lowest BCUT2D eigenvalue weighted by Gasteiger charge is -2.37. The Hall–Kier alpha value is -4.22. The monoisotopic (exact) mass is 537 g/mol. The number of nitrogens with one attached hydrogen (secondary N) is 1. The summed E-state index contributed by atoms with van der Waals surface area (Å²) in [7, 11) is 0. The number of urea groups is 1. The molecule has 39 heavy (non-hydrogen) atoms. The van der Waals surface area contributed by atoms with Crippen LogP contribution in [0, 0.1) is 6.92 Å². The van der Waals surface area contributed by atoms with Crippen LogP contribution in [0.15, 0.2) is 36.7 Å². The van der Waals surface area contributed by atoms with Gasteiger partial charge < -0.3 is 24.6 Å². The van der Waals surface area contributed by atoms with Crippen molar-refractivity contribution in [2.75, 3.05) is 44.3 Å². The van der Waals surface area contributed by atoms with Crippen molar-refractivity contribution in [3.05, 3.63) is 53.5 Å². The number of ether oxygens (including phenoxy) is 2. The van der Waals surface area contributed by atoms with Gasteiger partial charge in [-0.3, -0.25) is 4.79 Å². The second-order valence-electron chi connectivity index (χ2n) is 9.19. The number of carbonyl (C=O) groups is 3. The lowest BCUT2D eigenvalue weighted by molar-refractivity contribution is -0.145. The number of nitrogens with zero attached hydrogens (tertiary/aromatic N) is 6. The summed E-state index contributed by atoms with van der Waals surface area (Å²) in [5, 5.41) is 7.24. The third-order valence-corrected chi connectivity index (χ3v) is 6.61. The van der Waals surface area contributed by atoms with Gasteiger partial charge in [0.15, 0.2) is 0 Å². The molecule has 2 amide bonds. The second kappa shape index (κ2) is 13.0. The first kappa shape index (κ1) is 27.8. The fourth-order valence-electron chi connectivity index (χ4n) is 4.69. The number of aryl methyl sites for hydroxylation is 1. The SMILES string of the molecule is CCOC(=O)CCc1c(C)nc2ncnn2c1N1CCN(C(=O)N[C@H](Cc2ccccc2)C(=O)OCC)CC1. The van der Waals surface area contributed by atoms with E-state index in [1.165, 1.54) is 6.33 Å². The van der Waals surface area contributed by atoms with E-state index in [0.717, 1.165) is 22.6 Å². The number of anilines is 1. The molecule has 0 saturated carbocycles. The average Bonchev–Trinajstić information content (AvgIpc) is 3.40. The lowest BCUT2D eigenvalue weighted by atomic mass is 10.1. The number of hydrogen-bond acceptors (Lipinski definition) is 9. The zero-order valence-electron chi connectivity index (χ0n) is 22.6. The number of benzene rings is 1. The summed E-state index contributed by atoms with van der Waals surface area (Å²) in [5.41, 5.74) is 2.60. The van der Waals surface area contributed by atoms with Crippen molar-refractivity contribution in [2.45, 2.75) is 46.1 Å². The van der Waals surface area contributed by atoms with E-state index in [-0.39, 0.29) is 25.0 Å². The van der Waals surface area contributed by atoms with Crippen molar-refractivity contribution >= 4 is 29.6 Å². The normalized spacial score (nSPS) is 14.2. The molecule has 0 radical (unpaired) electrons. The van der Waals surface area contributed by atoms with E-state index in [0.29, 0.717) is 51.4 Å². The molecule has 1 aliphatic rings. The maximum Gasteiger partial charge on any atom is 0.329 e. The molecule has 1 aromatic carbocycles. The van der Waals surface area contributed by atoms with Crippen LogP contribution in [0.2, 0.25) is 0 Å². The molecule has 1 saturated heterocycles. The van der Waals surface area contributed by atoms with E-state index in [2.05, 4.69) is 25.3 Å². The van der Waals surface area contributed by atoms with Gasteiger partial charge in [-0.05, 0) is 32.8 Å². The standard InChI is InChI=1S/C27H35N7O5/c1-4-38-23(35)12-11-21-19(3)30-26-28-18-29-34(26)24(21)32-13-15-33(16-14-32)27(37)31-22(25(36)39-5-2)17-20-9-7-6-8-10-20/h6-10,18,22H,4-5,11-17H2,1-3H3,(H,31,37)/t22-/m1/s1. The molecule has 208 valence electrons. The van der Waals surface area contributed by atoms with Crippen LogP contribution in [0.4, 0.5) is 10.6 Å². The van der Waals surface area contributed by atoms with Gasteiger partial charge in [-0.2, -0.15) is 14.6 Å². The lowest BCUT2D eigenvalue weighted by Crippen LogP contribution is -2.55. The molecule has 3 heterocycles. The summed E-state index contributed by atoms with van der Waals surface area (Å²) in [5.74, 6) is 0.559. The Morgan fingerprint density at radius 2 is 1.74 bits per heavy atom. The zero-order valence-corrected chi connectivity index (χ0v) is 22.6. The molecule has 1 N–H and O–H groups in total. The molecule has 0 bridgehead atoms. The molecule has 1 fully saturated rings. The highest BCUT2D eigenvalue weighted by atomic mass is 16.5.